The minimum atomic E-state index is -0.841. The molecule has 2 rings (SSSR count). The van der Waals surface area contributed by atoms with Crippen LogP contribution in [0.3, 0.4) is 0 Å². The predicted molar refractivity (Wildman–Crippen MR) is 77.9 cm³/mol. The maximum atomic E-state index is 11.0. The summed E-state index contributed by atoms with van der Waals surface area (Å²) in [5.41, 5.74) is 2.59. The summed E-state index contributed by atoms with van der Waals surface area (Å²) in [6.45, 7) is 1.66. The molecular weight excluding hydrogens is 283 g/mol. The standard InChI is InChI=1S/C15H12Cl2O2/c1-9(15(18)19)10-3-2-4-11(7-10)12-5-6-13(16)14(17)8-12/h2-9H,1H3,(H,18,19)/t9-/m1/s1. The van der Waals surface area contributed by atoms with Crippen LogP contribution in [0.15, 0.2) is 42.5 Å². The summed E-state index contributed by atoms with van der Waals surface area (Å²) in [5, 5.41) is 10.0. The Hall–Kier alpha value is -1.51. The zero-order valence-electron chi connectivity index (χ0n) is 10.2. The molecule has 0 unspecified atom stereocenters. The molecule has 0 aliphatic rings. The van der Waals surface area contributed by atoms with E-state index in [1.54, 1.807) is 25.1 Å². The normalized spacial score (nSPS) is 12.2. The maximum Gasteiger partial charge on any atom is 0.310 e. The lowest BCUT2D eigenvalue weighted by Gasteiger charge is -2.09. The van der Waals surface area contributed by atoms with E-state index >= 15 is 0 Å². The van der Waals surface area contributed by atoms with Crippen molar-refractivity contribution < 1.29 is 9.90 Å². The van der Waals surface area contributed by atoms with E-state index < -0.39 is 11.9 Å². The fourth-order valence-electron chi connectivity index (χ4n) is 1.81. The summed E-state index contributed by atoms with van der Waals surface area (Å²) in [6.07, 6.45) is 0. The van der Waals surface area contributed by atoms with Gasteiger partial charge in [0, 0.05) is 0 Å². The summed E-state index contributed by atoms with van der Waals surface area (Å²) in [5.74, 6) is -1.38. The van der Waals surface area contributed by atoms with Gasteiger partial charge < -0.3 is 5.11 Å². The molecule has 0 amide bonds. The summed E-state index contributed by atoms with van der Waals surface area (Å²) in [4.78, 5) is 11.0. The fraction of sp³-hybridized carbons (Fsp3) is 0.133. The van der Waals surface area contributed by atoms with E-state index in [0.29, 0.717) is 10.0 Å². The van der Waals surface area contributed by atoms with E-state index in [2.05, 4.69) is 0 Å². The van der Waals surface area contributed by atoms with Gasteiger partial charge >= 0.3 is 5.97 Å². The van der Waals surface area contributed by atoms with Gasteiger partial charge in [0.2, 0.25) is 0 Å². The average molecular weight is 295 g/mol. The number of benzene rings is 2. The first-order valence-electron chi connectivity index (χ1n) is 5.77. The Kier molecular flexibility index (Phi) is 4.13. The zero-order chi connectivity index (χ0) is 14.0. The van der Waals surface area contributed by atoms with Gasteiger partial charge in [-0.2, -0.15) is 0 Å². The van der Waals surface area contributed by atoms with Crippen LogP contribution < -0.4 is 0 Å². The Morgan fingerprint density at radius 2 is 1.74 bits per heavy atom. The highest BCUT2D eigenvalue weighted by Crippen LogP contribution is 2.30. The molecule has 0 bridgehead atoms. The number of carbonyl (C=O) groups is 1. The molecule has 0 heterocycles. The van der Waals surface area contributed by atoms with Gasteiger partial charge in [-0.25, -0.2) is 0 Å². The van der Waals surface area contributed by atoms with E-state index in [4.69, 9.17) is 28.3 Å². The lowest BCUT2D eigenvalue weighted by atomic mass is 9.96. The Morgan fingerprint density at radius 1 is 1.05 bits per heavy atom. The molecule has 0 radical (unpaired) electrons. The minimum Gasteiger partial charge on any atom is -0.481 e. The van der Waals surface area contributed by atoms with Gasteiger partial charge in [-0.05, 0) is 35.7 Å². The fourth-order valence-corrected chi connectivity index (χ4v) is 2.10. The second kappa shape index (κ2) is 5.64. The van der Waals surface area contributed by atoms with Crippen LogP contribution in [0.5, 0.6) is 0 Å². The molecule has 1 atom stereocenters. The molecule has 0 saturated carbocycles. The van der Waals surface area contributed by atoms with Gasteiger partial charge in [0.05, 0.1) is 16.0 Å². The Bertz CT molecular complexity index is 623. The lowest BCUT2D eigenvalue weighted by Crippen LogP contribution is -2.07. The Labute approximate surface area is 121 Å². The monoisotopic (exact) mass is 294 g/mol. The molecule has 0 aromatic heterocycles. The quantitative estimate of drug-likeness (QED) is 0.879. The maximum absolute atomic E-state index is 11.0. The SMILES string of the molecule is C[C@@H](C(=O)O)c1cccc(-c2ccc(Cl)c(Cl)c2)c1. The van der Waals surface area contributed by atoms with Crippen LogP contribution in [-0.2, 0) is 4.79 Å². The van der Waals surface area contributed by atoms with Gasteiger partial charge in [-0.1, -0.05) is 53.5 Å². The highest BCUT2D eigenvalue weighted by atomic mass is 35.5. The third-order valence-electron chi connectivity index (χ3n) is 3.01. The number of carboxylic acid groups (broad SMARTS) is 1. The number of aliphatic carboxylic acids is 1. The summed E-state index contributed by atoms with van der Waals surface area (Å²) in [7, 11) is 0. The highest BCUT2D eigenvalue weighted by Gasteiger charge is 2.14. The Morgan fingerprint density at radius 3 is 2.37 bits per heavy atom. The summed E-state index contributed by atoms with van der Waals surface area (Å²) in [6, 6.07) is 12.8. The van der Waals surface area contributed by atoms with Crippen LogP contribution in [0.1, 0.15) is 18.4 Å². The van der Waals surface area contributed by atoms with Crippen LogP contribution in [0.2, 0.25) is 10.0 Å². The first-order chi connectivity index (χ1) is 8.99. The van der Waals surface area contributed by atoms with Crippen LogP contribution in [-0.4, -0.2) is 11.1 Å². The van der Waals surface area contributed by atoms with Crippen molar-refractivity contribution in [2.45, 2.75) is 12.8 Å². The number of hydrogen-bond acceptors (Lipinski definition) is 1. The van der Waals surface area contributed by atoms with Crippen molar-refractivity contribution in [1.82, 2.24) is 0 Å². The highest BCUT2D eigenvalue weighted by molar-refractivity contribution is 6.42. The molecule has 0 aliphatic carbocycles. The van der Waals surface area contributed by atoms with E-state index in [1.807, 2.05) is 24.3 Å². The summed E-state index contributed by atoms with van der Waals surface area (Å²) < 4.78 is 0. The molecule has 19 heavy (non-hydrogen) atoms. The lowest BCUT2D eigenvalue weighted by molar-refractivity contribution is -0.138. The summed E-state index contributed by atoms with van der Waals surface area (Å²) >= 11 is 11.9. The van der Waals surface area contributed by atoms with Crippen LogP contribution in [0.4, 0.5) is 0 Å². The topological polar surface area (TPSA) is 37.3 Å². The zero-order valence-corrected chi connectivity index (χ0v) is 11.7. The first-order valence-corrected chi connectivity index (χ1v) is 6.53. The van der Waals surface area contributed by atoms with Crippen molar-refractivity contribution in [3.05, 3.63) is 58.1 Å². The molecule has 98 valence electrons. The third-order valence-corrected chi connectivity index (χ3v) is 3.75. The number of halogens is 2. The molecule has 0 saturated heterocycles. The molecule has 0 fully saturated rings. The first kappa shape index (κ1) is 13.9. The van der Waals surface area contributed by atoms with E-state index in [1.165, 1.54) is 0 Å². The van der Waals surface area contributed by atoms with Gasteiger partial charge in [-0.3, -0.25) is 4.79 Å². The second-order valence-electron chi connectivity index (χ2n) is 4.31. The predicted octanol–water partition coefficient (Wildman–Crippen LogP) is 4.85. The van der Waals surface area contributed by atoms with Crippen molar-refractivity contribution in [3.63, 3.8) is 0 Å². The number of hydrogen-bond donors (Lipinski definition) is 1. The van der Waals surface area contributed by atoms with Gasteiger partial charge in [0.15, 0.2) is 0 Å². The average Bonchev–Trinajstić information content (AvgIpc) is 2.41. The molecule has 2 nitrogen and oxygen atoms in total. The van der Waals surface area contributed by atoms with E-state index in [9.17, 15) is 4.79 Å². The van der Waals surface area contributed by atoms with Crippen LogP contribution >= 0.6 is 23.2 Å². The largest absolute Gasteiger partial charge is 0.481 e. The van der Waals surface area contributed by atoms with E-state index in [-0.39, 0.29) is 0 Å². The van der Waals surface area contributed by atoms with E-state index in [0.717, 1.165) is 16.7 Å². The van der Waals surface area contributed by atoms with Crippen molar-refractivity contribution in [3.8, 4) is 11.1 Å². The molecule has 4 heteroatoms. The minimum absolute atomic E-state index is 0.482. The van der Waals surface area contributed by atoms with Gasteiger partial charge in [-0.15, -0.1) is 0 Å². The second-order valence-corrected chi connectivity index (χ2v) is 5.13. The number of carboxylic acids is 1. The molecule has 0 spiro atoms. The van der Waals surface area contributed by atoms with Crippen LogP contribution in [0.25, 0.3) is 11.1 Å². The molecule has 2 aromatic carbocycles. The number of rotatable bonds is 3. The van der Waals surface area contributed by atoms with Crippen molar-refractivity contribution in [2.24, 2.45) is 0 Å². The molecule has 1 N–H and O–H groups in total. The van der Waals surface area contributed by atoms with Gasteiger partial charge in [0.1, 0.15) is 0 Å². The van der Waals surface area contributed by atoms with Crippen molar-refractivity contribution >= 4 is 29.2 Å². The molecule has 0 aliphatic heterocycles. The third kappa shape index (κ3) is 3.09. The Balaban J connectivity index is 2.43. The van der Waals surface area contributed by atoms with Crippen molar-refractivity contribution in [2.75, 3.05) is 0 Å². The molecular formula is C15H12Cl2O2. The van der Waals surface area contributed by atoms with Crippen LogP contribution in [0, 0.1) is 0 Å². The molecule has 2 aromatic rings. The smallest absolute Gasteiger partial charge is 0.310 e. The van der Waals surface area contributed by atoms with Gasteiger partial charge in [0.25, 0.3) is 0 Å². The van der Waals surface area contributed by atoms with Crippen molar-refractivity contribution in [1.29, 1.82) is 0 Å².